The molecule has 0 amide bonds. The second-order valence-electron chi connectivity index (χ2n) is 8.81. The van der Waals surface area contributed by atoms with Crippen molar-refractivity contribution in [1.82, 2.24) is 5.32 Å². The number of hydrogen-bond donors (Lipinski definition) is 2. The number of hydrogen-bond acceptors (Lipinski definition) is 6. The summed E-state index contributed by atoms with van der Waals surface area (Å²) in [5.74, 6) is -0.722. The van der Waals surface area contributed by atoms with Crippen LogP contribution in [0.2, 0.25) is 0 Å². The maximum atomic E-state index is 13.6. The number of benzene rings is 2. The third kappa shape index (κ3) is 4.38. The van der Waals surface area contributed by atoms with Gasteiger partial charge >= 0.3 is 5.97 Å². The summed E-state index contributed by atoms with van der Waals surface area (Å²) in [6, 6.07) is 14.9. The molecule has 1 aliphatic heterocycles. The highest BCUT2D eigenvalue weighted by Crippen LogP contribution is 2.46. The Balaban J connectivity index is 1.83. The van der Waals surface area contributed by atoms with E-state index in [-0.39, 0.29) is 29.3 Å². The van der Waals surface area contributed by atoms with Gasteiger partial charge in [-0.3, -0.25) is 4.79 Å². The fourth-order valence-corrected chi connectivity index (χ4v) is 4.76. The Morgan fingerprint density at radius 3 is 2.48 bits per heavy atom. The number of phenolic OH excluding ortho intramolecular Hbond substituents is 1. The van der Waals surface area contributed by atoms with Gasteiger partial charge in [0.1, 0.15) is 0 Å². The molecule has 172 valence electrons. The molecule has 2 aromatic carbocycles. The van der Waals surface area contributed by atoms with Gasteiger partial charge in [-0.05, 0) is 56.4 Å². The Morgan fingerprint density at radius 2 is 1.82 bits per heavy atom. The number of carbonyl (C=O) groups is 2. The smallest absolute Gasteiger partial charge is 0.337 e. The highest BCUT2D eigenvalue weighted by atomic mass is 16.5. The molecule has 33 heavy (non-hydrogen) atoms. The van der Waals surface area contributed by atoms with Crippen molar-refractivity contribution in [3.63, 3.8) is 0 Å². The Kier molecular flexibility index (Phi) is 6.27. The first-order chi connectivity index (χ1) is 15.8. The number of ether oxygens (including phenoxy) is 2. The minimum atomic E-state index is -0.605. The lowest BCUT2D eigenvalue weighted by molar-refractivity contribution is -0.143. The number of nitrogens with one attached hydrogen (secondary N) is 1. The van der Waals surface area contributed by atoms with Crippen LogP contribution in [0.5, 0.6) is 11.5 Å². The summed E-state index contributed by atoms with van der Waals surface area (Å²) in [6.07, 6.45) is 0.732. The van der Waals surface area contributed by atoms with Crippen LogP contribution < -0.4 is 10.1 Å². The van der Waals surface area contributed by atoms with E-state index >= 15 is 0 Å². The summed E-state index contributed by atoms with van der Waals surface area (Å²) < 4.78 is 10.8. The summed E-state index contributed by atoms with van der Waals surface area (Å²) in [7, 11) is 1.47. The molecule has 6 nitrogen and oxygen atoms in total. The zero-order valence-electron chi connectivity index (χ0n) is 19.3. The number of ketones is 1. The van der Waals surface area contributed by atoms with Crippen molar-refractivity contribution in [2.75, 3.05) is 7.11 Å². The van der Waals surface area contributed by atoms with E-state index in [2.05, 4.69) is 5.32 Å². The molecular weight excluding hydrogens is 418 g/mol. The van der Waals surface area contributed by atoms with Gasteiger partial charge in [0.05, 0.1) is 18.8 Å². The van der Waals surface area contributed by atoms with Gasteiger partial charge in [0.25, 0.3) is 0 Å². The minimum Gasteiger partial charge on any atom is -0.504 e. The third-order valence-electron chi connectivity index (χ3n) is 6.20. The summed E-state index contributed by atoms with van der Waals surface area (Å²) >= 11 is 0. The van der Waals surface area contributed by atoms with Crippen LogP contribution in [-0.4, -0.2) is 30.1 Å². The average molecular weight is 448 g/mol. The maximum absolute atomic E-state index is 13.6. The van der Waals surface area contributed by atoms with Crippen molar-refractivity contribution in [2.24, 2.45) is 0 Å². The predicted molar refractivity (Wildman–Crippen MR) is 125 cm³/mol. The molecule has 2 aliphatic rings. The molecule has 1 heterocycles. The largest absolute Gasteiger partial charge is 0.504 e. The van der Waals surface area contributed by atoms with Crippen molar-refractivity contribution in [3.05, 3.63) is 82.2 Å². The highest BCUT2D eigenvalue weighted by molar-refractivity contribution is 6.04. The number of Topliss-reactive ketones (excluding diaryl/α,β-unsaturated/α-hetero) is 1. The zero-order valence-corrected chi connectivity index (χ0v) is 19.3. The van der Waals surface area contributed by atoms with Crippen LogP contribution in [0.3, 0.4) is 0 Å². The van der Waals surface area contributed by atoms with Crippen molar-refractivity contribution in [2.45, 2.75) is 51.6 Å². The summed E-state index contributed by atoms with van der Waals surface area (Å²) in [5, 5.41) is 13.5. The number of methoxy groups -OCH3 is 1. The van der Waals surface area contributed by atoms with E-state index < -0.39 is 11.9 Å². The number of carbonyl (C=O) groups excluding carboxylic acids is 2. The lowest BCUT2D eigenvalue weighted by atomic mass is 9.71. The van der Waals surface area contributed by atoms with Crippen LogP contribution in [0.4, 0.5) is 0 Å². The molecule has 0 saturated carbocycles. The van der Waals surface area contributed by atoms with Crippen LogP contribution in [0.1, 0.15) is 56.6 Å². The van der Waals surface area contributed by atoms with Crippen LogP contribution >= 0.6 is 0 Å². The lowest BCUT2D eigenvalue weighted by Crippen LogP contribution is -2.36. The molecule has 0 bridgehead atoms. The predicted octanol–water partition coefficient (Wildman–Crippen LogP) is 4.71. The minimum absolute atomic E-state index is 0.00279. The molecule has 2 N–H and O–H groups in total. The van der Waals surface area contributed by atoms with E-state index in [1.807, 2.05) is 37.3 Å². The number of rotatable bonds is 5. The molecular formula is C27H29NO5. The molecule has 2 atom stereocenters. The molecule has 0 aromatic heterocycles. The fraction of sp³-hybridized carbons (Fsp3) is 0.333. The van der Waals surface area contributed by atoms with E-state index in [1.165, 1.54) is 13.2 Å². The van der Waals surface area contributed by atoms with E-state index in [9.17, 15) is 14.7 Å². The quantitative estimate of drug-likeness (QED) is 0.646. The maximum Gasteiger partial charge on any atom is 0.337 e. The Bertz CT molecular complexity index is 1150. The first-order valence-corrected chi connectivity index (χ1v) is 11.2. The Labute approximate surface area is 193 Å². The van der Waals surface area contributed by atoms with Gasteiger partial charge in [0.2, 0.25) is 0 Å². The van der Waals surface area contributed by atoms with E-state index in [4.69, 9.17) is 9.47 Å². The topological polar surface area (TPSA) is 84.9 Å². The molecule has 6 heteroatoms. The van der Waals surface area contributed by atoms with Crippen molar-refractivity contribution < 1.29 is 24.2 Å². The standard InChI is InChI=1S/C27H29NO5/c1-15(2)33-27(31)24-16(3)28-20-12-19(17-8-6-5-7-9-17)13-22(30)26(20)25(24)18-10-11-21(29)23(14-18)32-4/h5-11,14-15,19,25,28-29H,12-13H2,1-4H3/t19-,25+/m0/s1. The van der Waals surface area contributed by atoms with Gasteiger partial charge in [-0.25, -0.2) is 4.79 Å². The number of allylic oxidation sites excluding steroid dienone is 3. The van der Waals surface area contributed by atoms with Crippen LogP contribution in [-0.2, 0) is 14.3 Å². The van der Waals surface area contributed by atoms with Crippen LogP contribution in [0.25, 0.3) is 0 Å². The van der Waals surface area contributed by atoms with Gasteiger partial charge in [0, 0.05) is 29.3 Å². The molecule has 0 unspecified atom stereocenters. The van der Waals surface area contributed by atoms with Gasteiger partial charge in [-0.2, -0.15) is 0 Å². The number of phenols is 1. The first kappa shape index (κ1) is 22.6. The van der Waals surface area contributed by atoms with Gasteiger partial charge in [-0.15, -0.1) is 0 Å². The monoisotopic (exact) mass is 447 g/mol. The van der Waals surface area contributed by atoms with Crippen LogP contribution in [0, 0.1) is 0 Å². The van der Waals surface area contributed by atoms with E-state index in [0.29, 0.717) is 35.2 Å². The Morgan fingerprint density at radius 1 is 1.09 bits per heavy atom. The van der Waals surface area contributed by atoms with E-state index in [0.717, 1.165) is 11.3 Å². The normalized spacial score (nSPS) is 20.5. The SMILES string of the molecule is COc1cc([C@@H]2C(C(=O)OC(C)C)=C(C)NC3=C2C(=O)C[C@@H](c2ccccc2)C3)ccc1O. The second kappa shape index (κ2) is 9.14. The van der Waals surface area contributed by atoms with Crippen molar-refractivity contribution in [3.8, 4) is 11.5 Å². The molecule has 0 spiro atoms. The highest BCUT2D eigenvalue weighted by Gasteiger charge is 2.41. The number of aromatic hydroxyl groups is 1. The molecule has 2 aromatic rings. The van der Waals surface area contributed by atoms with Gasteiger partial charge < -0.3 is 19.9 Å². The van der Waals surface area contributed by atoms with Crippen LogP contribution in [0.15, 0.2) is 71.1 Å². The number of esters is 1. The van der Waals surface area contributed by atoms with E-state index in [1.54, 1.807) is 26.0 Å². The molecule has 4 rings (SSSR count). The lowest BCUT2D eigenvalue weighted by Gasteiger charge is -2.37. The van der Waals surface area contributed by atoms with Crippen molar-refractivity contribution in [1.29, 1.82) is 0 Å². The molecule has 0 saturated heterocycles. The zero-order chi connectivity index (χ0) is 23.7. The number of dihydropyridines is 1. The second-order valence-corrected chi connectivity index (χ2v) is 8.81. The summed E-state index contributed by atoms with van der Waals surface area (Å²) in [4.78, 5) is 26.7. The molecule has 1 aliphatic carbocycles. The van der Waals surface area contributed by atoms with Gasteiger partial charge in [-0.1, -0.05) is 36.4 Å². The van der Waals surface area contributed by atoms with Gasteiger partial charge in [0.15, 0.2) is 17.3 Å². The molecule has 0 radical (unpaired) electrons. The fourth-order valence-electron chi connectivity index (χ4n) is 4.76. The van der Waals surface area contributed by atoms with Crippen molar-refractivity contribution >= 4 is 11.8 Å². The molecule has 0 fully saturated rings. The summed E-state index contributed by atoms with van der Waals surface area (Å²) in [5.41, 5.74) is 4.29. The third-order valence-corrected chi connectivity index (χ3v) is 6.20. The Hall–Kier alpha value is -3.54. The first-order valence-electron chi connectivity index (χ1n) is 11.2. The average Bonchev–Trinajstić information content (AvgIpc) is 2.78. The summed E-state index contributed by atoms with van der Waals surface area (Å²) in [6.45, 7) is 5.43.